The lowest BCUT2D eigenvalue weighted by molar-refractivity contribution is -0.131. The highest BCUT2D eigenvalue weighted by atomic mass is 19.1. The van der Waals surface area contributed by atoms with Crippen molar-refractivity contribution in [3.05, 3.63) is 64.9 Å². The normalized spacial score (nSPS) is 16.9. The largest absolute Gasteiger partial charge is 0.356 e. The van der Waals surface area contributed by atoms with E-state index in [0.29, 0.717) is 5.52 Å². The Morgan fingerprint density at radius 2 is 2.10 bits per heavy atom. The zero-order chi connectivity index (χ0) is 20.1. The van der Waals surface area contributed by atoms with Crippen LogP contribution in [0.3, 0.4) is 0 Å². The van der Waals surface area contributed by atoms with E-state index in [4.69, 9.17) is 4.98 Å². The van der Waals surface area contributed by atoms with E-state index < -0.39 is 0 Å². The summed E-state index contributed by atoms with van der Waals surface area (Å²) in [4.78, 5) is 26.4. The summed E-state index contributed by atoms with van der Waals surface area (Å²) in [6.07, 6.45) is 2.10. The maximum atomic E-state index is 14.1. The van der Waals surface area contributed by atoms with Crippen LogP contribution < -0.4 is 0 Å². The molecule has 0 aliphatic carbocycles. The molecule has 148 valence electrons. The standard InChI is InChI=1S/C23H23FN4O/c1-13-8-9-18-19(11-13)27-23(26-18)20-7-4-10-28(20)21(29)12-16-14(2)25-22-15(16)5-3-6-17(22)24/h3,5-6,8-9,11,20,25H,4,7,10,12H2,1-2H3,(H,26,27)/t20-/m0/s1. The van der Waals surface area contributed by atoms with Crippen molar-refractivity contribution in [1.82, 2.24) is 19.9 Å². The van der Waals surface area contributed by atoms with Gasteiger partial charge in [-0.25, -0.2) is 9.37 Å². The van der Waals surface area contributed by atoms with Gasteiger partial charge in [-0.15, -0.1) is 0 Å². The molecule has 0 unspecified atom stereocenters. The number of fused-ring (bicyclic) bond motifs is 2. The number of amides is 1. The molecule has 1 saturated heterocycles. The van der Waals surface area contributed by atoms with Gasteiger partial charge >= 0.3 is 0 Å². The van der Waals surface area contributed by atoms with E-state index in [-0.39, 0.29) is 24.2 Å². The fourth-order valence-corrected chi connectivity index (χ4v) is 4.50. The van der Waals surface area contributed by atoms with Gasteiger partial charge in [-0.05, 0) is 56.0 Å². The van der Waals surface area contributed by atoms with Gasteiger partial charge in [0.25, 0.3) is 0 Å². The zero-order valence-corrected chi connectivity index (χ0v) is 16.6. The first-order valence-corrected chi connectivity index (χ1v) is 10.0. The number of hydrogen-bond donors (Lipinski definition) is 2. The predicted octanol–water partition coefficient (Wildman–Crippen LogP) is 4.71. The van der Waals surface area contributed by atoms with Gasteiger partial charge in [0, 0.05) is 17.6 Å². The maximum Gasteiger partial charge on any atom is 0.227 e. The number of rotatable bonds is 3. The molecular weight excluding hydrogens is 367 g/mol. The lowest BCUT2D eigenvalue weighted by atomic mass is 10.1. The number of benzene rings is 2. The number of H-pyrrole nitrogens is 2. The number of aromatic amines is 2. The monoisotopic (exact) mass is 390 g/mol. The van der Waals surface area contributed by atoms with Gasteiger partial charge in [0.1, 0.15) is 11.6 Å². The number of aromatic nitrogens is 3. The van der Waals surface area contributed by atoms with Crippen LogP contribution in [0.15, 0.2) is 36.4 Å². The first-order chi connectivity index (χ1) is 14.0. The van der Waals surface area contributed by atoms with Gasteiger partial charge in [-0.1, -0.05) is 18.2 Å². The Morgan fingerprint density at radius 1 is 1.24 bits per heavy atom. The molecule has 0 spiro atoms. The summed E-state index contributed by atoms with van der Waals surface area (Å²) in [6.45, 7) is 4.66. The molecule has 0 radical (unpaired) electrons. The van der Waals surface area contributed by atoms with Crippen LogP contribution in [-0.2, 0) is 11.2 Å². The highest BCUT2D eigenvalue weighted by molar-refractivity contribution is 5.90. The van der Waals surface area contributed by atoms with E-state index in [0.717, 1.165) is 52.9 Å². The summed E-state index contributed by atoms with van der Waals surface area (Å²) in [5.74, 6) is 0.608. The molecule has 1 fully saturated rings. The van der Waals surface area contributed by atoms with E-state index in [1.165, 1.54) is 11.6 Å². The molecule has 1 aliphatic rings. The SMILES string of the molecule is Cc1ccc2nc([C@@H]3CCCN3C(=O)Cc3c(C)[nH]c4c(F)cccc34)[nH]c2c1. The van der Waals surface area contributed by atoms with Crippen LogP contribution in [0.4, 0.5) is 4.39 Å². The summed E-state index contributed by atoms with van der Waals surface area (Å²) >= 11 is 0. The average molecular weight is 390 g/mol. The topological polar surface area (TPSA) is 64.8 Å². The van der Waals surface area contributed by atoms with E-state index in [1.807, 2.05) is 30.0 Å². The minimum Gasteiger partial charge on any atom is -0.356 e. The Morgan fingerprint density at radius 3 is 2.97 bits per heavy atom. The van der Waals surface area contributed by atoms with Gasteiger partial charge in [0.15, 0.2) is 0 Å². The second-order valence-corrected chi connectivity index (χ2v) is 7.96. The van der Waals surface area contributed by atoms with E-state index in [1.54, 1.807) is 6.07 Å². The fraction of sp³-hybridized carbons (Fsp3) is 0.304. The van der Waals surface area contributed by atoms with Crippen molar-refractivity contribution in [2.45, 2.75) is 39.2 Å². The molecular formula is C23H23FN4O. The molecule has 0 saturated carbocycles. The summed E-state index contributed by atoms with van der Waals surface area (Å²) in [7, 11) is 0. The van der Waals surface area contributed by atoms with Crippen molar-refractivity contribution in [2.24, 2.45) is 0 Å². The average Bonchev–Trinajstić information content (AvgIpc) is 3.39. The third-order valence-electron chi connectivity index (χ3n) is 5.98. The third-order valence-corrected chi connectivity index (χ3v) is 5.98. The fourth-order valence-electron chi connectivity index (χ4n) is 4.50. The van der Waals surface area contributed by atoms with Crippen LogP contribution in [0.1, 0.15) is 41.5 Å². The second-order valence-electron chi connectivity index (χ2n) is 7.96. The number of likely N-dealkylation sites (tertiary alicyclic amines) is 1. The molecule has 4 aromatic rings. The first kappa shape index (κ1) is 17.9. The maximum absolute atomic E-state index is 14.1. The molecule has 0 bridgehead atoms. The highest BCUT2D eigenvalue weighted by Gasteiger charge is 2.32. The Kier molecular flexibility index (Phi) is 4.15. The summed E-state index contributed by atoms with van der Waals surface area (Å²) in [5.41, 5.74) is 5.28. The number of nitrogens with one attached hydrogen (secondary N) is 2. The molecule has 29 heavy (non-hydrogen) atoms. The Bertz CT molecular complexity index is 1240. The molecule has 3 heterocycles. The van der Waals surface area contributed by atoms with Crippen molar-refractivity contribution in [3.8, 4) is 0 Å². The van der Waals surface area contributed by atoms with Crippen molar-refractivity contribution >= 4 is 27.8 Å². The minimum absolute atomic E-state index is 0.0440. The second kappa shape index (κ2) is 6.72. The van der Waals surface area contributed by atoms with E-state index >= 15 is 0 Å². The van der Waals surface area contributed by atoms with Crippen LogP contribution in [-0.4, -0.2) is 32.3 Å². The number of carbonyl (C=O) groups excluding carboxylic acids is 1. The lowest BCUT2D eigenvalue weighted by Crippen LogP contribution is -2.32. The lowest BCUT2D eigenvalue weighted by Gasteiger charge is -2.23. The van der Waals surface area contributed by atoms with Gasteiger partial charge in [0.2, 0.25) is 5.91 Å². The molecule has 5 nitrogen and oxygen atoms in total. The molecule has 1 atom stereocenters. The number of hydrogen-bond acceptors (Lipinski definition) is 2. The molecule has 1 amide bonds. The van der Waals surface area contributed by atoms with Crippen molar-refractivity contribution in [3.63, 3.8) is 0 Å². The number of nitrogens with zero attached hydrogens (tertiary/aromatic N) is 2. The first-order valence-electron chi connectivity index (χ1n) is 10.0. The molecule has 1 aliphatic heterocycles. The minimum atomic E-state index is -0.291. The van der Waals surface area contributed by atoms with Crippen molar-refractivity contribution < 1.29 is 9.18 Å². The van der Waals surface area contributed by atoms with Crippen LogP contribution >= 0.6 is 0 Å². The third kappa shape index (κ3) is 2.99. The molecule has 5 rings (SSSR count). The number of halogens is 1. The van der Waals surface area contributed by atoms with E-state index in [9.17, 15) is 9.18 Å². The smallest absolute Gasteiger partial charge is 0.227 e. The van der Waals surface area contributed by atoms with Gasteiger partial charge in [-0.2, -0.15) is 0 Å². The quantitative estimate of drug-likeness (QED) is 0.532. The van der Waals surface area contributed by atoms with E-state index in [2.05, 4.69) is 23.0 Å². The summed E-state index contributed by atoms with van der Waals surface area (Å²) < 4.78 is 14.1. The predicted molar refractivity (Wildman–Crippen MR) is 111 cm³/mol. The Labute approximate surface area is 167 Å². The number of para-hydroxylation sites is 1. The Balaban J connectivity index is 1.44. The van der Waals surface area contributed by atoms with Gasteiger partial charge in [-0.3, -0.25) is 4.79 Å². The summed E-state index contributed by atoms with van der Waals surface area (Å²) in [5, 5.41) is 0.783. The van der Waals surface area contributed by atoms with Gasteiger partial charge in [0.05, 0.1) is 29.0 Å². The van der Waals surface area contributed by atoms with Crippen LogP contribution in [0, 0.1) is 19.7 Å². The molecule has 6 heteroatoms. The number of imidazole rings is 1. The molecule has 2 N–H and O–H groups in total. The van der Waals surface area contributed by atoms with Crippen LogP contribution in [0.5, 0.6) is 0 Å². The Hall–Kier alpha value is -3.15. The number of aryl methyl sites for hydroxylation is 2. The zero-order valence-electron chi connectivity index (χ0n) is 16.6. The van der Waals surface area contributed by atoms with Crippen molar-refractivity contribution in [2.75, 3.05) is 6.54 Å². The van der Waals surface area contributed by atoms with Crippen molar-refractivity contribution in [1.29, 1.82) is 0 Å². The van der Waals surface area contributed by atoms with Crippen LogP contribution in [0.25, 0.3) is 21.9 Å². The van der Waals surface area contributed by atoms with Crippen LogP contribution in [0.2, 0.25) is 0 Å². The molecule has 2 aromatic carbocycles. The summed E-state index contributed by atoms with van der Waals surface area (Å²) in [6, 6.07) is 11.1. The number of carbonyl (C=O) groups is 1. The molecule has 2 aromatic heterocycles. The highest BCUT2D eigenvalue weighted by Crippen LogP contribution is 2.33. The van der Waals surface area contributed by atoms with Gasteiger partial charge < -0.3 is 14.9 Å².